The first kappa shape index (κ1) is 28.9. The van der Waals surface area contributed by atoms with Crippen molar-refractivity contribution in [1.29, 1.82) is 0 Å². The van der Waals surface area contributed by atoms with E-state index in [1.54, 1.807) is 0 Å². The van der Waals surface area contributed by atoms with Crippen molar-refractivity contribution in [3.63, 3.8) is 0 Å². The summed E-state index contributed by atoms with van der Waals surface area (Å²) >= 11 is 0. The monoisotopic (exact) mass is 661 g/mol. The number of fused-ring (bicyclic) bond motifs is 10. The minimum atomic E-state index is 0.893. The summed E-state index contributed by atoms with van der Waals surface area (Å²) in [6.07, 6.45) is 0. The van der Waals surface area contributed by atoms with Crippen LogP contribution in [0.4, 0.5) is 17.1 Å². The van der Waals surface area contributed by atoms with Gasteiger partial charge in [0.25, 0.3) is 0 Å². The summed E-state index contributed by atoms with van der Waals surface area (Å²) in [5, 5.41) is 14.5. The van der Waals surface area contributed by atoms with E-state index in [1.807, 2.05) is 0 Å². The van der Waals surface area contributed by atoms with Gasteiger partial charge in [-0.1, -0.05) is 146 Å². The molecular weight excluding hydrogens is 631 g/mol. The lowest BCUT2D eigenvalue weighted by Crippen LogP contribution is -2.12. The van der Waals surface area contributed by atoms with Crippen molar-refractivity contribution in [2.45, 2.75) is 0 Å². The number of hydrogen-bond donors (Lipinski definition) is 0. The van der Waals surface area contributed by atoms with Gasteiger partial charge in [0.15, 0.2) is 0 Å². The van der Waals surface area contributed by atoms with Gasteiger partial charge in [0.1, 0.15) is 11.2 Å². The van der Waals surface area contributed by atoms with Crippen molar-refractivity contribution in [2.75, 3.05) is 4.90 Å². The van der Waals surface area contributed by atoms with Crippen LogP contribution in [0.5, 0.6) is 0 Å². The van der Waals surface area contributed by atoms with Crippen molar-refractivity contribution in [3.8, 4) is 11.1 Å². The Morgan fingerprint density at radius 3 is 1.69 bits per heavy atom. The molecule has 0 spiro atoms. The molecule has 0 bridgehead atoms. The predicted molar refractivity (Wildman–Crippen MR) is 221 cm³/mol. The van der Waals surface area contributed by atoms with E-state index in [-0.39, 0.29) is 0 Å². The van der Waals surface area contributed by atoms with Gasteiger partial charge >= 0.3 is 0 Å². The first-order valence-electron chi connectivity index (χ1n) is 17.8. The van der Waals surface area contributed by atoms with Crippen LogP contribution in [0.3, 0.4) is 0 Å². The Hall–Kier alpha value is -6.90. The summed E-state index contributed by atoms with van der Waals surface area (Å²) < 4.78 is 6.43. The zero-order valence-corrected chi connectivity index (χ0v) is 28.3. The molecule has 0 saturated heterocycles. The summed E-state index contributed by atoms with van der Waals surface area (Å²) in [7, 11) is 0. The molecule has 0 radical (unpaired) electrons. The van der Waals surface area contributed by atoms with Crippen molar-refractivity contribution < 1.29 is 4.42 Å². The van der Waals surface area contributed by atoms with Crippen molar-refractivity contribution in [1.82, 2.24) is 0 Å². The average Bonchev–Trinajstić information content (AvgIpc) is 3.57. The Balaban J connectivity index is 1.22. The van der Waals surface area contributed by atoms with Crippen LogP contribution in [-0.2, 0) is 0 Å². The lowest BCUT2D eigenvalue weighted by atomic mass is 9.95. The van der Waals surface area contributed by atoms with Crippen LogP contribution in [-0.4, -0.2) is 0 Å². The van der Waals surface area contributed by atoms with Gasteiger partial charge in [-0.15, -0.1) is 0 Å². The fraction of sp³-hybridized carbons (Fsp3) is 0. The zero-order valence-electron chi connectivity index (χ0n) is 28.3. The maximum atomic E-state index is 6.43. The summed E-state index contributed by atoms with van der Waals surface area (Å²) in [5.41, 5.74) is 7.48. The van der Waals surface area contributed by atoms with Gasteiger partial charge < -0.3 is 9.32 Å². The molecule has 1 heterocycles. The highest BCUT2D eigenvalue weighted by Crippen LogP contribution is 2.48. The van der Waals surface area contributed by atoms with Gasteiger partial charge in [0, 0.05) is 27.1 Å². The van der Waals surface area contributed by atoms with E-state index >= 15 is 0 Å². The predicted octanol–water partition coefficient (Wildman–Crippen LogP) is 14.5. The Morgan fingerprint density at radius 1 is 0.288 bits per heavy atom. The van der Waals surface area contributed by atoms with Crippen molar-refractivity contribution >= 4 is 92.9 Å². The van der Waals surface area contributed by atoms with Crippen LogP contribution in [0.1, 0.15) is 0 Å². The number of furan rings is 1. The third-order valence-electron chi connectivity index (χ3n) is 10.8. The fourth-order valence-electron chi connectivity index (χ4n) is 8.37. The van der Waals surface area contributed by atoms with E-state index in [9.17, 15) is 0 Å². The average molecular weight is 662 g/mol. The Labute approximate surface area is 300 Å². The Morgan fingerprint density at radius 2 is 0.865 bits per heavy atom. The zero-order chi connectivity index (χ0) is 34.2. The van der Waals surface area contributed by atoms with Crippen LogP contribution in [0, 0.1) is 0 Å². The molecule has 0 unspecified atom stereocenters. The maximum Gasteiger partial charge on any atom is 0.136 e. The Kier molecular flexibility index (Phi) is 6.28. The number of benzene rings is 10. The third-order valence-corrected chi connectivity index (χ3v) is 10.8. The molecule has 0 amide bonds. The topological polar surface area (TPSA) is 16.4 Å². The van der Waals surface area contributed by atoms with Crippen LogP contribution in [0.25, 0.3) is 86.9 Å². The molecule has 0 fully saturated rings. The number of anilines is 3. The molecule has 11 rings (SSSR count). The minimum absolute atomic E-state index is 0.893. The molecule has 10 aromatic carbocycles. The van der Waals surface area contributed by atoms with E-state index in [0.717, 1.165) is 50.1 Å². The minimum Gasteiger partial charge on any atom is -0.456 e. The second-order valence-corrected chi connectivity index (χ2v) is 13.7. The van der Waals surface area contributed by atoms with Crippen LogP contribution >= 0.6 is 0 Å². The number of nitrogens with zero attached hydrogens (tertiary/aromatic N) is 1. The lowest BCUT2D eigenvalue weighted by Gasteiger charge is -2.30. The SMILES string of the molecule is c1ccc(N(c2cccc3c2ccc2ccccc23)c2cc3ccccc3c3ccccc23)c(-c2ccc3oc4cc5ccccc5cc4c3c2)c1. The molecular formula is C50H31NO. The molecule has 1 aromatic heterocycles. The van der Waals surface area contributed by atoms with Crippen LogP contribution in [0.2, 0.25) is 0 Å². The largest absolute Gasteiger partial charge is 0.456 e. The van der Waals surface area contributed by atoms with E-state index in [0.29, 0.717) is 0 Å². The number of rotatable bonds is 4. The summed E-state index contributed by atoms with van der Waals surface area (Å²) in [5.74, 6) is 0. The van der Waals surface area contributed by atoms with Gasteiger partial charge in [-0.25, -0.2) is 0 Å². The first-order chi connectivity index (χ1) is 25.8. The highest BCUT2D eigenvalue weighted by molar-refractivity contribution is 6.18. The lowest BCUT2D eigenvalue weighted by molar-refractivity contribution is 0.669. The quantitative estimate of drug-likeness (QED) is 0.175. The molecule has 0 atom stereocenters. The number of hydrogen-bond acceptors (Lipinski definition) is 2. The standard InChI is InChI=1S/C50H31NO/c1-2-14-34-31-50-45(28-33(34)13-1)44-29-36(25-27-49(44)52-50)39-18-9-10-22-46(39)51(47-23-11-21-41-37-16-5-3-12-32(37)24-26-43(41)47)48-30-35-15-4-6-17-38(35)40-19-7-8-20-42(40)48/h1-31H. The molecule has 2 nitrogen and oxygen atoms in total. The summed E-state index contributed by atoms with van der Waals surface area (Å²) in [6.45, 7) is 0. The molecule has 52 heavy (non-hydrogen) atoms. The van der Waals surface area contributed by atoms with Gasteiger partial charge in [0.2, 0.25) is 0 Å². The molecule has 0 saturated carbocycles. The van der Waals surface area contributed by atoms with E-state index in [4.69, 9.17) is 4.42 Å². The first-order valence-corrected chi connectivity index (χ1v) is 17.8. The molecule has 242 valence electrons. The third kappa shape index (κ3) is 4.38. The van der Waals surface area contributed by atoms with Gasteiger partial charge in [-0.05, 0) is 91.1 Å². The van der Waals surface area contributed by atoms with Crippen LogP contribution < -0.4 is 4.90 Å². The van der Waals surface area contributed by atoms with Gasteiger partial charge in [-0.2, -0.15) is 0 Å². The molecule has 0 aliphatic heterocycles. The fourth-order valence-corrected chi connectivity index (χ4v) is 8.37. The second kappa shape index (κ2) is 11.3. The highest BCUT2D eigenvalue weighted by Gasteiger charge is 2.23. The van der Waals surface area contributed by atoms with Gasteiger partial charge in [0.05, 0.1) is 17.1 Å². The molecule has 0 N–H and O–H groups in total. The second-order valence-electron chi connectivity index (χ2n) is 13.7. The van der Waals surface area contributed by atoms with Gasteiger partial charge in [-0.3, -0.25) is 0 Å². The Bertz CT molecular complexity index is 3210. The van der Waals surface area contributed by atoms with Crippen molar-refractivity contribution in [2.24, 2.45) is 0 Å². The van der Waals surface area contributed by atoms with Crippen LogP contribution in [0.15, 0.2) is 192 Å². The van der Waals surface area contributed by atoms with E-state index < -0.39 is 0 Å². The molecule has 0 aliphatic rings. The normalized spacial score (nSPS) is 11.8. The van der Waals surface area contributed by atoms with E-state index in [1.165, 1.54) is 53.9 Å². The summed E-state index contributed by atoms with van der Waals surface area (Å²) in [6, 6.07) is 68.3. The maximum absolute atomic E-state index is 6.43. The molecule has 11 aromatic rings. The van der Waals surface area contributed by atoms with E-state index in [2.05, 4.69) is 193 Å². The highest BCUT2D eigenvalue weighted by atomic mass is 16.3. The molecule has 2 heteroatoms. The summed E-state index contributed by atoms with van der Waals surface area (Å²) in [4.78, 5) is 2.49. The smallest absolute Gasteiger partial charge is 0.136 e. The number of para-hydroxylation sites is 1. The molecule has 0 aliphatic carbocycles. The van der Waals surface area contributed by atoms with Crippen molar-refractivity contribution in [3.05, 3.63) is 188 Å².